The Morgan fingerprint density at radius 3 is 1.89 bits per heavy atom. The highest BCUT2D eigenvalue weighted by atomic mass is 16.6. The molecule has 23 heteroatoms. The number of phenolic OH excluding ortho intramolecular Hbond substituents is 6. The molecule has 0 aromatic heterocycles. The highest BCUT2D eigenvalue weighted by Crippen LogP contribution is 2.56. The number of ether oxygens (including phenoxy) is 5. The number of rotatable bonds is 9. The third-order valence-electron chi connectivity index (χ3n) is 16.3. The van der Waals surface area contributed by atoms with E-state index in [1.54, 1.807) is 20.9 Å². The number of fused-ring (bicyclic) bond motifs is 7. The molecule has 426 valence electrons. The average molecular weight is 1120 g/mol. The number of allylic oxidation sites excluding steroid dienone is 3. The van der Waals surface area contributed by atoms with Gasteiger partial charge in [0.25, 0.3) is 0 Å². The molecule has 3 aliphatic carbocycles. The molecule has 3 aromatic rings. The first-order valence-corrected chi connectivity index (χ1v) is 26.2. The van der Waals surface area contributed by atoms with Gasteiger partial charge in [0.2, 0.25) is 0 Å². The zero-order valence-electron chi connectivity index (χ0n) is 44.3. The quantitative estimate of drug-likeness (QED) is 0.125. The molecule has 11 atom stereocenters. The molecule has 11 rings (SSSR count). The normalized spacial score (nSPS) is 28.2. The van der Waals surface area contributed by atoms with Crippen LogP contribution in [0, 0.1) is 5.92 Å². The highest BCUT2D eigenvalue weighted by molar-refractivity contribution is 6.30. The third kappa shape index (κ3) is 9.26. The predicted octanol–water partition coefficient (Wildman–Crippen LogP) is 5.07. The SMILES string of the molecule is C=C1C[C@H]2O[C@H](C)c3c(O)c4c(c(O)c3[C@H]2O1)C(=O)C=C(C1C[C@@H](CNC)[C@H](O)[C@@H](C)O1)C4=O.C[C@H]1O[C@H](CC(=O)O)CC2=C1C(=O)c1c(O)c(CC3=CC(=O)c4c(O)c5c(c(O)c4C3=O)[C@@H](C)O[C@H](CC(=O)O)C5)cc(O)c1C2=O. The summed E-state index contributed by atoms with van der Waals surface area (Å²) in [5, 5.41) is 98.7. The second-order valence-electron chi connectivity index (χ2n) is 21.5. The maximum atomic E-state index is 13.7. The van der Waals surface area contributed by atoms with E-state index >= 15 is 0 Å². The monoisotopic (exact) mass is 1120 g/mol. The molecule has 5 heterocycles. The zero-order chi connectivity index (χ0) is 58.7. The highest BCUT2D eigenvalue weighted by Gasteiger charge is 2.50. The number of aromatic hydroxyl groups is 6. The molecule has 0 radical (unpaired) electrons. The Labute approximate surface area is 460 Å². The van der Waals surface area contributed by atoms with E-state index in [4.69, 9.17) is 28.8 Å². The Morgan fingerprint density at radius 1 is 0.642 bits per heavy atom. The number of hydrogen-bond acceptors (Lipinski definition) is 21. The Morgan fingerprint density at radius 2 is 1.22 bits per heavy atom. The minimum absolute atomic E-state index is 0.0159. The van der Waals surface area contributed by atoms with Crippen LogP contribution >= 0.6 is 0 Å². The minimum Gasteiger partial charge on any atom is -0.507 e. The van der Waals surface area contributed by atoms with Crippen LogP contribution in [-0.4, -0.2) is 149 Å². The Balaban J connectivity index is 0.000000191. The van der Waals surface area contributed by atoms with Crippen LogP contribution in [0.25, 0.3) is 0 Å². The van der Waals surface area contributed by atoms with E-state index in [-0.39, 0.29) is 85.7 Å². The first-order chi connectivity index (χ1) is 38.2. The van der Waals surface area contributed by atoms with Crippen molar-refractivity contribution in [3.8, 4) is 34.5 Å². The number of hydrogen-bond donors (Lipinski definition) is 10. The van der Waals surface area contributed by atoms with E-state index in [1.165, 1.54) is 19.9 Å². The van der Waals surface area contributed by atoms with Gasteiger partial charge in [0, 0.05) is 88.3 Å². The lowest BCUT2D eigenvalue weighted by Gasteiger charge is -2.39. The number of aliphatic hydroxyl groups is 1. The Bertz CT molecular complexity index is 3490. The largest absolute Gasteiger partial charge is 0.507 e. The second kappa shape index (κ2) is 20.8. The molecule has 3 aromatic carbocycles. The molecule has 0 bridgehead atoms. The summed E-state index contributed by atoms with van der Waals surface area (Å²) in [4.78, 5) is 103. The number of benzene rings is 3. The van der Waals surface area contributed by atoms with Crippen LogP contribution in [0.5, 0.6) is 34.5 Å². The van der Waals surface area contributed by atoms with Gasteiger partial charge in [0.05, 0.1) is 101 Å². The summed E-state index contributed by atoms with van der Waals surface area (Å²) in [7, 11) is 1.77. The van der Waals surface area contributed by atoms with E-state index in [2.05, 4.69) is 11.9 Å². The van der Waals surface area contributed by atoms with Crippen LogP contribution < -0.4 is 5.32 Å². The van der Waals surface area contributed by atoms with Crippen molar-refractivity contribution in [3.05, 3.63) is 114 Å². The van der Waals surface area contributed by atoms with Gasteiger partial charge in [-0.3, -0.25) is 38.4 Å². The van der Waals surface area contributed by atoms with Crippen molar-refractivity contribution in [3.63, 3.8) is 0 Å². The van der Waals surface area contributed by atoms with Gasteiger partial charge < -0.3 is 75.0 Å². The summed E-state index contributed by atoms with van der Waals surface area (Å²) in [5.74, 6) is -10.0. The first-order valence-electron chi connectivity index (χ1n) is 26.2. The second-order valence-corrected chi connectivity index (χ2v) is 21.5. The number of ketones is 6. The van der Waals surface area contributed by atoms with Crippen LogP contribution in [0.3, 0.4) is 0 Å². The van der Waals surface area contributed by atoms with Crippen LogP contribution in [0.2, 0.25) is 0 Å². The number of nitrogens with one attached hydrogen (secondary N) is 1. The van der Waals surface area contributed by atoms with E-state index in [9.17, 15) is 79.2 Å². The van der Waals surface area contributed by atoms with Crippen molar-refractivity contribution < 1.29 is 108 Å². The maximum absolute atomic E-state index is 13.7. The van der Waals surface area contributed by atoms with Crippen molar-refractivity contribution in [1.82, 2.24) is 5.32 Å². The molecule has 1 unspecified atom stereocenters. The molecular weight excluding hydrogens is 1060 g/mol. The topological polar surface area (TPSA) is 377 Å². The molecule has 23 nitrogen and oxygen atoms in total. The molecule has 5 aliphatic heterocycles. The third-order valence-corrected chi connectivity index (χ3v) is 16.3. The molecule has 10 N–H and O–H groups in total. The van der Waals surface area contributed by atoms with E-state index in [0.717, 1.165) is 12.1 Å². The maximum Gasteiger partial charge on any atom is 0.305 e. The molecule has 0 amide bonds. The summed E-state index contributed by atoms with van der Waals surface area (Å²) in [6.45, 7) is 10.7. The Kier molecular flexibility index (Phi) is 14.4. The van der Waals surface area contributed by atoms with Crippen LogP contribution in [0.15, 0.2) is 52.8 Å². The number of aliphatic carboxylic acids is 2. The molecule has 0 saturated carbocycles. The van der Waals surface area contributed by atoms with E-state index in [0.29, 0.717) is 25.1 Å². The standard InChI is InChI=1S/C33H28O14.C25H29NO8/c1-10-22-16(6-14(46-10)8-20(36)37)30(42)24-18(34)4-12(28(40)26(24)32(22)44)3-13-5-19(35)25-27(29(13)41)33(45)23-11(2)47-15(9-21(38)39)7-17(23)31(25)43;1-9-5-16-25(32-9)20-17(10(2)33-16)23(30)19-18(24(20)31)14(27)7-13(22(19)29)15-6-12(8-26-4)21(28)11(3)34-15/h4-5,10-11,14-15,34,40,43,45H,3,6-9H2,1-2H3,(H,36,37)(H,38,39);7,10-12,15-16,21,25-26,28,30-31H,1,5-6,8H2,2-4H3/t10-,11-,14+,15+;10-,11-,12+,15?,16-,21-,25+/m11/s1. The van der Waals surface area contributed by atoms with Crippen LogP contribution in [0.1, 0.15) is 168 Å². The number of carboxylic acids is 2. The number of carbonyl (C=O) groups is 8. The zero-order valence-corrected chi connectivity index (χ0v) is 44.3. The van der Waals surface area contributed by atoms with E-state index < -0.39 is 178 Å². The Hall–Kier alpha value is -8.06. The first kappa shape index (κ1) is 56.2. The number of carbonyl (C=O) groups excluding carboxylic acids is 6. The summed E-state index contributed by atoms with van der Waals surface area (Å²) in [6.07, 6.45) is -6.42. The fraction of sp³-hybridized carbons (Fsp3) is 0.414. The number of Topliss-reactive ketones (excluding diaryl/α,β-unsaturated/α-hetero) is 4. The van der Waals surface area contributed by atoms with Gasteiger partial charge in [-0.25, -0.2) is 0 Å². The number of carboxylic acid groups (broad SMARTS) is 2. The van der Waals surface area contributed by atoms with Gasteiger partial charge in [0.1, 0.15) is 40.6 Å². The molecule has 8 aliphatic rings. The van der Waals surface area contributed by atoms with Gasteiger partial charge >= 0.3 is 11.9 Å². The molecular formula is C58H57NO22. The van der Waals surface area contributed by atoms with Crippen molar-refractivity contribution in [1.29, 1.82) is 0 Å². The van der Waals surface area contributed by atoms with Crippen LogP contribution in [-0.2, 0) is 46.1 Å². The molecule has 81 heavy (non-hydrogen) atoms. The van der Waals surface area contributed by atoms with Crippen molar-refractivity contribution >= 4 is 46.6 Å². The van der Waals surface area contributed by atoms with Gasteiger partial charge in [-0.2, -0.15) is 0 Å². The van der Waals surface area contributed by atoms with Crippen LogP contribution in [0.4, 0.5) is 0 Å². The fourth-order valence-electron chi connectivity index (χ4n) is 12.8. The number of aliphatic hydroxyl groups excluding tert-OH is 1. The lowest BCUT2D eigenvalue weighted by atomic mass is 9.76. The van der Waals surface area contributed by atoms with Gasteiger partial charge in [0.15, 0.2) is 40.8 Å². The summed E-state index contributed by atoms with van der Waals surface area (Å²) in [5.41, 5.74) is -2.46. The summed E-state index contributed by atoms with van der Waals surface area (Å²) in [6, 6.07) is 0.971. The fourth-order valence-corrected chi connectivity index (χ4v) is 12.8. The minimum atomic E-state index is -1.17. The van der Waals surface area contributed by atoms with Gasteiger partial charge in [-0.05, 0) is 59.4 Å². The molecule has 2 saturated heterocycles. The van der Waals surface area contributed by atoms with E-state index in [1.807, 2.05) is 0 Å². The van der Waals surface area contributed by atoms with Gasteiger partial charge in [-0.15, -0.1) is 0 Å². The molecule has 2 fully saturated rings. The smallest absolute Gasteiger partial charge is 0.305 e. The lowest BCUT2D eigenvalue weighted by molar-refractivity contribution is -0.142. The summed E-state index contributed by atoms with van der Waals surface area (Å²) < 4.78 is 29.0. The lowest BCUT2D eigenvalue weighted by Crippen LogP contribution is -2.48. The van der Waals surface area contributed by atoms with Crippen molar-refractivity contribution in [2.24, 2.45) is 5.92 Å². The average Bonchev–Trinajstić information content (AvgIpc) is 3.78. The number of phenols is 6. The molecule has 0 spiro atoms. The van der Waals surface area contributed by atoms with Crippen molar-refractivity contribution in [2.75, 3.05) is 13.6 Å². The van der Waals surface area contributed by atoms with Crippen molar-refractivity contribution in [2.45, 2.75) is 134 Å². The van der Waals surface area contributed by atoms with Gasteiger partial charge in [-0.1, -0.05) is 6.58 Å². The predicted molar refractivity (Wildman–Crippen MR) is 276 cm³/mol. The summed E-state index contributed by atoms with van der Waals surface area (Å²) >= 11 is 0.